The van der Waals surface area contributed by atoms with E-state index in [4.69, 9.17) is 9.15 Å². The molecule has 258 valence electrons. The highest BCUT2D eigenvalue weighted by Gasteiger charge is 2.31. The molecule has 2 N–H and O–H groups in total. The third-order valence-corrected chi connectivity index (χ3v) is 9.12. The Labute approximate surface area is 287 Å². The summed E-state index contributed by atoms with van der Waals surface area (Å²) in [4.78, 5) is 1.84. The van der Waals surface area contributed by atoms with Gasteiger partial charge in [-0.05, 0) is 66.4 Å². The molecule has 49 heavy (non-hydrogen) atoms. The second-order valence-electron chi connectivity index (χ2n) is 11.3. The van der Waals surface area contributed by atoms with Crippen molar-refractivity contribution >= 4 is 43.1 Å². The molecule has 0 unspecified atom stereocenters. The molecular weight excluding hydrogens is 667 g/mol. The van der Waals surface area contributed by atoms with E-state index in [-0.39, 0.29) is 18.1 Å². The summed E-state index contributed by atoms with van der Waals surface area (Å²) in [5.41, 5.74) is 5.15. The monoisotopic (exact) mass is 705 g/mol. The number of oxazole rings is 1. The maximum absolute atomic E-state index is 12.0. The van der Waals surface area contributed by atoms with Gasteiger partial charge in [-0.15, -0.1) is 4.57 Å². The molecule has 1 aliphatic heterocycles. The predicted molar refractivity (Wildman–Crippen MR) is 189 cm³/mol. The van der Waals surface area contributed by atoms with Crippen LogP contribution in [-0.2, 0) is 26.1 Å². The minimum absolute atomic E-state index is 0.0821. The third-order valence-electron chi connectivity index (χ3n) is 7.74. The van der Waals surface area contributed by atoms with E-state index in [9.17, 15) is 25.9 Å². The molecule has 11 nitrogen and oxygen atoms in total. The van der Waals surface area contributed by atoms with Gasteiger partial charge < -0.3 is 23.9 Å². The van der Waals surface area contributed by atoms with Gasteiger partial charge in [0.25, 0.3) is 15.6 Å². The molecule has 0 spiro atoms. The van der Waals surface area contributed by atoms with Crippen molar-refractivity contribution in [3.05, 3.63) is 109 Å². The van der Waals surface area contributed by atoms with Crippen LogP contribution >= 0.6 is 0 Å². The number of anilines is 1. The summed E-state index contributed by atoms with van der Waals surface area (Å²) in [6.45, 7) is 6.71. The second-order valence-corrected chi connectivity index (χ2v) is 14.3. The van der Waals surface area contributed by atoms with Crippen LogP contribution < -0.4 is 19.5 Å². The van der Waals surface area contributed by atoms with Crippen LogP contribution in [0, 0.1) is 0 Å². The molecule has 0 radical (unpaired) electrons. The van der Waals surface area contributed by atoms with E-state index < -0.39 is 26.1 Å². The quantitative estimate of drug-likeness (QED) is 0.0893. The van der Waals surface area contributed by atoms with Gasteiger partial charge in [0.05, 0.1) is 11.4 Å². The molecule has 0 amide bonds. The summed E-state index contributed by atoms with van der Waals surface area (Å²) in [7, 11) is -8.83. The lowest BCUT2D eigenvalue weighted by molar-refractivity contribution is -0.658. The van der Waals surface area contributed by atoms with Gasteiger partial charge in [0, 0.05) is 12.6 Å². The number of unbranched alkanes of at least 4 members (excludes halogenated alkanes) is 1. The van der Waals surface area contributed by atoms with E-state index in [1.807, 2.05) is 89.8 Å². The van der Waals surface area contributed by atoms with Crippen molar-refractivity contribution in [2.24, 2.45) is 0 Å². The smallest absolute Gasteiger partial charge is 0.380 e. The first-order chi connectivity index (χ1) is 23.5. The highest BCUT2D eigenvalue weighted by atomic mass is 32.2. The summed E-state index contributed by atoms with van der Waals surface area (Å²) in [5.74, 6) is -0.324. The number of hydrogen-bond acceptors (Lipinski definition) is 9. The molecule has 0 aliphatic carbocycles. The highest BCUT2D eigenvalue weighted by Crippen LogP contribution is 2.42. The molecule has 4 aromatic carbocycles. The van der Waals surface area contributed by atoms with Crippen LogP contribution in [-0.4, -0.2) is 51.3 Å². The van der Waals surface area contributed by atoms with Crippen LogP contribution in [0.25, 0.3) is 39.4 Å². The molecule has 1 aliphatic rings. The lowest BCUT2D eigenvalue weighted by Gasteiger charge is -2.18. The Kier molecular flexibility index (Phi) is 11.5. The van der Waals surface area contributed by atoms with E-state index in [0.29, 0.717) is 35.7 Å². The van der Waals surface area contributed by atoms with Crippen LogP contribution in [0.15, 0.2) is 107 Å². The van der Waals surface area contributed by atoms with E-state index in [0.717, 1.165) is 41.0 Å². The fourth-order valence-electron chi connectivity index (χ4n) is 5.47. The number of rotatable bonds is 12. The average Bonchev–Trinajstić information content (AvgIpc) is 3.59. The van der Waals surface area contributed by atoms with Crippen LogP contribution in [0.1, 0.15) is 32.6 Å². The average molecular weight is 706 g/mol. The summed E-state index contributed by atoms with van der Waals surface area (Å²) in [5, 5.41) is 3.11. The van der Waals surface area contributed by atoms with Crippen LogP contribution in [0.4, 0.5) is 5.69 Å². The molecule has 0 bridgehead atoms. The zero-order chi connectivity index (χ0) is 35.0. The molecule has 0 fully saturated rings. The molecule has 2 heterocycles. The van der Waals surface area contributed by atoms with E-state index >= 15 is 0 Å². The maximum atomic E-state index is 12.0. The van der Waals surface area contributed by atoms with Gasteiger partial charge in [0.15, 0.2) is 15.9 Å². The topological polar surface area (TPSA) is 153 Å². The first-order valence-corrected chi connectivity index (χ1v) is 19.1. The molecule has 6 rings (SSSR count). The third kappa shape index (κ3) is 9.55. The summed E-state index contributed by atoms with van der Waals surface area (Å²) in [6, 6.07) is 30.3. The predicted octanol–water partition coefficient (Wildman–Crippen LogP) is 6.04. The summed E-state index contributed by atoms with van der Waals surface area (Å²) >= 11 is 0. The van der Waals surface area contributed by atoms with Crippen molar-refractivity contribution in [2.45, 2.75) is 32.6 Å². The van der Waals surface area contributed by atoms with Crippen molar-refractivity contribution in [3.63, 3.8) is 0 Å². The number of ether oxygens (including phenoxy) is 1. The number of nitrogens with one attached hydrogen (secondary N) is 1. The largest absolute Gasteiger partial charge is 0.743 e. The number of hydrogen-bond donors (Lipinski definition) is 2. The Hall–Kier alpha value is -4.53. The first-order valence-electron chi connectivity index (χ1n) is 15.9. The second kappa shape index (κ2) is 15.8. The Morgan fingerprint density at radius 2 is 1.43 bits per heavy atom. The minimum Gasteiger partial charge on any atom is -0.743 e. The molecule has 0 saturated heterocycles. The van der Waals surface area contributed by atoms with Crippen LogP contribution in [0.2, 0.25) is 0 Å². The standard InChI is InChI=1S/C32H28N2O8S2.C4H11N/c35-43(36,37)18-8-7-17-33-27-19-25(23-9-3-1-4-10-23)13-15-29(27)41-31(33)21-32-34(22-44(38,39)40)28-20-26(14-16-30(28)42-32)24-11-5-2-6-12-24;1-3-5-4-2/h1-6,9-16,19-21H,7-8,17-18,22H2,(H-,35,36,37,38,39,40);5H,3-4H2,1-2H3. The lowest BCUT2D eigenvalue weighted by Crippen LogP contribution is -2.39. The van der Waals surface area contributed by atoms with Crippen molar-refractivity contribution < 1.29 is 39.7 Å². The summed E-state index contributed by atoms with van der Waals surface area (Å²) in [6.07, 6.45) is 2.13. The van der Waals surface area contributed by atoms with E-state index in [1.165, 1.54) is 10.6 Å². The van der Waals surface area contributed by atoms with Gasteiger partial charge in [-0.3, -0.25) is 4.55 Å². The van der Waals surface area contributed by atoms with Gasteiger partial charge in [-0.2, -0.15) is 8.42 Å². The Bertz CT molecular complexity index is 2130. The fraction of sp³-hybridized carbons (Fsp3) is 0.250. The Morgan fingerprint density at radius 1 is 0.816 bits per heavy atom. The molecule has 5 aromatic rings. The Morgan fingerprint density at radius 3 is 2.00 bits per heavy atom. The van der Waals surface area contributed by atoms with Gasteiger partial charge in [0.1, 0.15) is 6.08 Å². The summed E-state index contributed by atoms with van der Waals surface area (Å²) < 4.78 is 81.4. The lowest BCUT2D eigenvalue weighted by atomic mass is 10.0. The van der Waals surface area contributed by atoms with Crippen LogP contribution in [0.5, 0.6) is 5.75 Å². The molecule has 1 aromatic heterocycles. The first kappa shape index (κ1) is 35.8. The molecule has 0 atom stereocenters. The highest BCUT2D eigenvalue weighted by molar-refractivity contribution is 7.85. The van der Waals surface area contributed by atoms with Gasteiger partial charge in [0.2, 0.25) is 17.3 Å². The zero-order valence-electron chi connectivity index (χ0n) is 27.3. The van der Waals surface area contributed by atoms with Crippen molar-refractivity contribution in [1.82, 2.24) is 5.32 Å². The van der Waals surface area contributed by atoms with Crippen molar-refractivity contribution in [1.29, 1.82) is 0 Å². The maximum Gasteiger partial charge on any atom is 0.380 e. The van der Waals surface area contributed by atoms with Crippen molar-refractivity contribution in [3.8, 4) is 28.0 Å². The minimum atomic E-state index is -4.72. The molecular formula is C36H39N3O8S2. The normalized spacial score (nSPS) is 13.6. The fourth-order valence-corrected chi connectivity index (χ4v) is 6.62. The number of benzene rings is 4. The van der Waals surface area contributed by atoms with Crippen LogP contribution in [0.3, 0.4) is 0 Å². The number of aromatic nitrogens is 1. The van der Waals surface area contributed by atoms with Gasteiger partial charge in [-0.1, -0.05) is 86.6 Å². The SMILES string of the molecule is CCNCC.O=S(=O)([O-])C[n+]1c(C=C2Oc3ccc(-c4ccccc4)cc3N2CCCCS(=O)(=O)O)oc2ccc(-c3ccccc3)cc21. The molecule has 0 saturated carbocycles. The zero-order valence-corrected chi connectivity index (χ0v) is 28.9. The number of nitrogens with zero attached hydrogens (tertiary/aromatic N) is 2. The van der Waals surface area contributed by atoms with Gasteiger partial charge in [-0.25, -0.2) is 8.42 Å². The van der Waals surface area contributed by atoms with E-state index in [1.54, 1.807) is 12.1 Å². The van der Waals surface area contributed by atoms with E-state index in [2.05, 4.69) is 19.2 Å². The van der Waals surface area contributed by atoms with Gasteiger partial charge >= 0.3 is 5.89 Å². The van der Waals surface area contributed by atoms with Crippen molar-refractivity contribution in [2.75, 3.05) is 30.3 Å². The Balaban J connectivity index is 0.000000874. The molecule has 13 heteroatoms. The number of fused-ring (bicyclic) bond motifs is 2.